The molecule has 0 bridgehead atoms. The Bertz CT molecular complexity index is 503. The monoisotopic (exact) mass is 312 g/mol. The zero-order chi connectivity index (χ0) is 14.5. The van der Waals surface area contributed by atoms with E-state index in [4.69, 9.17) is 12.2 Å². The first-order valence-corrected chi connectivity index (χ1v) is 13.0. The molecule has 0 saturated heterocycles. The van der Waals surface area contributed by atoms with Crippen LogP contribution in [0.3, 0.4) is 0 Å². The molecule has 8 heteroatoms. The predicted octanol–water partition coefficient (Wildman–Crippen LogP) is 4.40. The molecule has 0 aromatic carbocycles. The van der Waals surface area contributed by atoms with Gasteiger partial charge in [-0.2, -0.15) is 13.2 Å². The molecule has 0 aliphatic carbocycles. The molecule has 0 unspecified atom stereocenters. The quantitative estimate of drug-likeness (QED) is 0.581. The first kappa shape index (κ1) is 15.7. The molecule has 18 heavy (non-hydrogen) atoms. The first-order chi connectivity index (χ1) is 7.76. The summed E-state index contributed by atoms with van der Waals surface area (Å²) in [6.07, 6.45) is -3.15. The highest BCUT2D eigenvalue weighted by Gasteiger charge is 2.40. The van der Waals surface area contributed by atoms with Crippen molar-refractivity contribution in [3.05, 3.63) is 16.7 Å². The second kappa shape index (κ2) is 4.34. The number of rotatable bonds is 2. The fourth-order valence-electron chi connectivity index (χ4n) is 1.77. The molecule has 104 valence electrons. The van der Waals surface area contributed by atoms with Crippen LogP contribution in [-0.4, -0.2) is 24.9 Å². The Labute approximate surface area is 113 Å². The third-order valence-corrected chi connectivity index (χ3v) is 6.86. The van der Waals surface area contributed by atoms with Gasteiger partial charge in [-0.15, -0.1) is 0 Å². The van der Waals surface area contributed by atoms with Crippen molar-refractivity contribution in [2.75, 3.05) is 0 Å². The Morgan fingerprint density at radius 1 is 1.00 bits per heavy atom. The molecule has 0 aliphatic heterocycles. The van der Waals surface area contributed by atoms with E-state index in [2.05, 4.69) is 0 Å². The highest BCUT2D eigenvalue weighted by molar-refractivity contribution is 7.71. The molecule has 1 aromatic heterocycles. The number of alkyl halides is 3. The summed E-state index contributed by atoms with van der Waals surface area (Å²) in [6.45, 7) is 11.6. The number of hydrogen-bond donors (Lipinski definition) is 0. The van der Waals surface area contributed by atoms with Crippen LogP contribution in [0.1, 0.15) is 5.69 Å². The lowest BCUT2D eigenvalue weighted by Crippen LogP contribution is -2.37. The maximum atomic E-state index is 13.1. The number of halogens is 3. The van der Waals surface area contributed by atoms with E-state index in [1.54, 1.807) is 4.23 Å². The van der Waals surface area contributed by atoms with Gasteiger partial charge in [0.25, 0.3) is 0 Å². The van der Waals surface area contributed by atoms with Gasteiger partial charge in [-0.25, -0.2) is 0 Å². The van der Waals surface area contributed by atoms with Crippen molar-refractivity contribution in [1.82, 2.24) is 8.47 Å². The Hall–Kier alpha value is -0.346. The SMILES string of the molecule is C[Si](C)(C)n1cc(C(F)(F)F)n([Si](C)(C)C)c1=S. The van der Waals surface area contributed by atoms with Crippen LogP contribution in [0.15, 0.2) is 6.20 Å². The van der Waals surface area contributed by atoms with Gasteiger partial charge in [0, 0.05) is 6.20 Å². The molecule has 0 radical (unpaired) electrons. The third kappa shape index (κ3) is 2.97. The molecule has 0 saturated carbocycles. The van der Waals surface area contributed by atoms with Crippen molar-refractivity contribution in [3.8, 4) is 0 Å². The average Bonchev–Trinajstić information content (AvgIpc) is 2.39. The minimum absolute atomic E-state index is 0.320. The predicted molar refractivity (Wildman–Crippen MR) is 75.7 cm³/mol. The van der Waals surface area contributed by atoms with Crippen molar-refractivity contribution in [1.29, 1.82) is 0 Å². The Kier molecular flexibility index (Phi) is 3.79. The minimum atomic E-state index is -4.35. The molecule has 2 nitrogen and oxygen atoms in total. The summed E-state index contributed by atoms with van der Waals surface area (Å²) in [5.41, 5.74) is -0.603. The van der Waals surface area contributed by atoms with E-state index in [9.17, 15) is 13.2 Å². The van der Waals surface area contributed by atoms with Gasteiger partial charge in [0.15, 0.2) is 21.2 Å². The van der Waals surface area contributed by atoms with Gasteiger partial charge in [-0.05, 0) is 12.2 Å². The summed E-state index contributed by atoms with van der Waals surface area (Å²) in [5, 5.41) is 0. The van der Waals surface area contributed by atoms with E-state index in [1.165, 1.54) is 10.4 Å². The van der Waals surface area contributed by atoms with Gasteiger partial charge >= 0.3 is 6.18 Å². The Balaban J connectivity index is 3.69. The van der Waals surface area contributed by atoms with E-state index >= 15 is 0 Å². The van der Waals surface area contributed by atoms with Gasteiger partial charge in [-0.3, -0.25) is 0 Å². The largest absolute Gasteiger partial charge is 0.432 e. The summed E-state index contributed by atoms with van der Waals surface area (Å²) < 4.78 is 42.7. The average molecular weight is 313 g/mol. The van der Waals surface area contributed by atoms with E-state index in [-0.39, 0.29) is 0 Å². The maximum absolute atomic E-state index is 13.1. The van der Waals surface area contributed by atoms with Crippen molar-refractivity contribution in [2.24, 2.45) is 0 Å². The van der Waals surface area contributed by atoms with Crippen LogP contribution in [0.25, 0.3) is 0 Å². The van der Waals surface area contributed by atoms with Crippen LogP contribution in [0.5, 0.6) is 0 Å². The molecule has 0 spiro atoms. The molecule has 0 aliphatic rings. The van der Waals surface area contributed by atoms with Gasteiger partial charge in [0.2, 0.25) is 0 Å². The zero-order valence-corrected chi connectivity index (χ0v) is 14.3. The lowest BCUT2D eigenvalue weighted by molar-refractivity contribution is -0.142. The summed E-state index contributed by atoms with van der Waals surface area (Å²) in [7, 11) is -4.13. The van der Waals surface area contributed by atoms with E-state index < -0.39 is 28.3 Å². The van der Waals surface area contributed by atoms with Crippen LogP contribution in [0.2, 0.25) is 39.3 Å². The van der Waals surface area contributed by atoms with Gasteiger partial charge in [0.1, 0.15) is 5.69 Å². The fourth-order valence-corrected chi connectivity index (χ4v) is 6.44. The zero-order valence-electron chi connectivity index (χ0n) is 11.5. The topological polar surface area (TPSA) is 9.86 Å². The molecule has 0 atom stereocenters. The van der Waals surface area contributed by atoms with E-state index in [1.807, 2.05) is 39.3 Å². The highest BCUT2D eigenvalue weighted by Crippen LogP contribution is 2.32. The lowest BCUT2D eigenvalue weighted by Gasteiger charge is -2.23. The van der Waals surface area contributed by atoms with Crippen molar-refractivity contribution in [2.45, 2.75) is 45.5 Å². The van der Waals surface area contributed by atoms with Crippen molar-refractivity contribution < 1.29 is 13.2 Å². The molecule has 1 rings (SSSR count). The molecular weight excluding hydrogens is 293 g/mol. The minimum Gasteiger partial charge on any atom is -0.352 e. The number of nitrogens with zero attached hydrogens (tertiary/aromatic N) is 2. The van der Waals surface area contributed by atoms with Gasteiger partial charge in [-0.1, -0.05) is 39.3 Å². The van der Waals surface area contributed by atoms with Crippen LogP contribution in [0.4, 0.5) is 13.2 Å². The Morgan fingerprint density at radius 2 is 1.44 bits per heavy atom. The molecule has 1 aromatic rings. The van der Waals surface area contributed by atoms with Gasteiger partial charge in [0.05, 0.1) is 0 Å². The number of aromatic nitrogens is 2. The van der Waals surface area contributed by atoms with Crippen molar-refractivity contribution in [3.63, 3.8) is 0 Å². The summed E-state index contributed by atoms with van der Waals surface area (Å²) >= 11 is 5.27. The fraction of sp³-hybridized carbons (Fsp3) is 0.700. The van der Waals surface area contributed by atoms with Crippen LogP contribution in [0, 0.1) is 4.77 Å². The molecule has 0 amide bonds. The van der Waals surface area contributed by atoms with Gasteiger partial charge < -0.3 is 8.47 Å². The molecule has 1 heterocycles. The summed E-state index contributed by atoms with van der Waals surface area (Å²) in [4.78, 5) is 0. The van der Waals surface area contributed by atoms with Crippen LogP contribution >= 0.6 is 12.2 Å². The standard InChI is InChI=1S/C10H19F3N2SSi2/c1-17(2,3)14-7-8(10(11,12)13)15(9(14)16)18(4,5)6/h7H,1-6H3. The van der Waals surface area contributed by atoms with E-state index in [0.29, 0.717) is 4.77 Å². The smallest absolute Gasteiger partial charge is 0.352 e. The molecular formula is C10H19F3N2SSi2. The van der Waals surface area contributed by atoms with Crippen LogP contribution in [-0.2, 0) is 6.18 Å². The van der Waals surface area contributed by atoms with Crippen LogP contribution < -0.4 is 0 Å². The summed E-state index contributed by atoms with van der Waals surface area (Å²) in [6, 6.07) is 0. The second-order valence-corrected chi connectivity index (χ2v) is 16.3. The Morgan fingerprint density at radius 3 is 1.67 bits per heavy atom. The second-order valence-electron chi connectivity index (χ2n) is 6.34. The lowest BCUT2D eigenvalue weighted by atomic mass is 10.5. The highest BCUT2D eigenvalue weighted by atomic mass is 32.1. The summed E-state index contributed by atoms with van der Waals surface area (Å²) in [5.74, 6) is 0. The maximum Gasteiger partial charge on any atom is 0.432 e. The van der Waals surface area contributed by atoms with E-state index in [0.717, 1.165) is 0 Å². The number of imidazole rings is 1. The first-order valence-electron chi connectivity index (χ1n) is 5.69. The molecule has 0 fully saturated rings. The number of hydrogen-bond acceptors (Lipinski definition) is 1. The normalized spacial score (nSPS) is 14.1. The third-order valence-electron chi connectivity index (χ3n) is 2.57. The molecule has 0 N–H and O–H groups in total. The van der Waals surface area contributed by atoms with Crippen molar-refractivity contribution >= 4 is 28.7 Å².